The van der Waals surface area contributed by atoms with E-state index in [0.717, 1.165) is 29.9 Å². The van der Waals surface area contributed by atoms with Crippen molar-refractivity contribution in [1.82, 2.24) is 15.0 Å². The molecule has 4 rings (SSSR count). The lowest BCUT2D eigenvalue weighted by Crippen LogP contribution is -2.17. The minimum Gasteiger partial charge on any atom is -0.341 e. The van der Waals surface area contributed by atoms with Crippen LogP contribution in [0, 0.1) is 0 Å². The molecular formula is C19H20N4OS. The summed E-state index contributed by atoms with van der Waals surface area (Å²) in [4.78, 5) is 25.0. The minimum atomic E-state index is -0.186. The average Bonchev–Trinajstić information content (AvgIpc) is 3.33. The number of aromatic nitrogens is 3. The van der Waals surface area contributed by atoms with Gasteiger partial charge in [-0.3, -0.25) is 10.1 Å². The van der Waals surface area contributed by atoms with Crippen LogP contribution in [0.2, 0.25) is 0 Å². The number of nitrogens with zero attached hydrogens (tertiary/aromatic N) is 2. The Morgan fingerprint density at radius 3 is 2.68 bits per heavy atom. The molecule has 0 unspecified atom stereocenters. The zero-order valence-electron chi connectivity index (χ0n) is 13.9. The quantitative estimate of drug-likeness (QED) is 0.706. The Balaban J connectivity index is 1.69. The summed E-state index contributed by atoms with van der Waals surface area (Å²) in [5, 5.41) is 5.31. The lowest BCUT2D eigenvalue weighted by molar-refractivity contribution is 0.102. The highest BCUT2D eigenvalue weighted by molar-refractivity contribution is 7.13. The van der Waals surface area contributed by atoms with E-state index in [1.54, 1.807) is 6.20 Å². The predicted molar refractivity (Wildman–Crippen MR) is 99.9 cm³/mol. The van der Waals surface area contributed by atoms with Gasteiger partial charge in [-0.2, -0.15) is 0 Å². The van der Waals surface area contributed by atoms with Crippen LogP contribution in [0.5, 0.6) is 0 Å². The number of thiazole rings is 1. The molecule has 6 heteroatoms. The molecule has 0 bridgehead atoms. The van der Waals surface area contributed by atoms with Gasteiger partial charge in [-0.1, -0.05) is 49.6 Å². The Labute approximate surface area is 150 Å². The monoisotopic (exact) mass is 352 g/mol. The number of H-pyrrole nitrogens is 1. The van der Waals surface area contributed by atoms with Gasteiger partial charge in [0.1, 0.15) is 5.82 Å². The van der Waals surface area contributed by atoms with Crippen LogP contribution in [0.15, 0.2) is 41.9 Å². The van der Waals surface area contributed by atoms with Crippen molar-refractivity contribution in [2.24, 2.45) is 0 Å². The van der Waals surface area contributed by atoms with Crippen molar-refractivity contribution in [3.05, 3.63) is 53.3 Å². The van der Waals surface area contributed by atoms with E-state index in [1.807, 2.05) is 35.7 Å². The number of nitrogens with one attached hydrogen (secondary N) is 2. The van der Waals surface area contributed by atoms with E-state index in [2.05, 4.69) is 20.3 Å². The highest BCUT2D eigenvalue weighted by Gasteiger charge is 2.26. The first-order valence-corrected chi connectivity index (χ1v) is 9.55. The average molecular weight is 352 g/mol. The molecule has 0 aliphatic heterocycles. The fourth-order valence-electron chi connectivity index (χ4n) is 3.42. The first kappa shape index (κ1) is 16.0. The Morgan fingerprint density at radius 2 is 1.96 bits per heavy atom. The molecule has 1 amide bonds. The van der Waals surface area contributed by atoms with E-state index in [4.69, 9.17) is 0 Å². The van der Waals surface area contributed by atoms with Gasteiger partial charge >= 0.3 is 0 Å². The van der Waals surface area contributed by atoms with E-state index in [0.29, 0.717) is 16.7 Å². The van der Waals surface area contributed by atoms with Crippen molar-refractivity contribution in [3.8, 4) is 11.4 Å². The summed E-state index contributed by atoms with van der Waals surface area (Å²) in [6.07, 6.45) is 7.58. The van der Waals surface area contributed by atoms with Crippen LogP contribution in [0.25, 0.3) is 11.4 Å². The molecule has 2 N–H and O–H groups in total. The molecule has 1 aliphatic rings. The lowest BCUT2D eigenvalue weighted by Gasteiger charge is -2.21. The van der Waals surface area contributed by atoms with Crippen molar-refractivity contribution < 1.29 is 4.79 Å². The number of amides is 1. The molecule has 128 valence electrons. The van der Waals surface area contributed by atoms with Crippen molar-refractivity contribution in [3.63, 3.8) is 0 Å². The van der Waals surface area contributed by atoms with Gasteiger partial charge in [0.15, 0.2) is 10.8 Å². The van der Waals surface area contributed by atoms with Gasteiger partial charge in [0.05, 0.1) is 5.69 Å². The van der Waals surface area contributed by atoms with E-state index < -0.39 is 0 Å². The van der Waals surface area contributed by atoms with E-state index in [1.165, 1.54) is 30.6 Å². The molecule has 0 spiro atoms. The number of hydrogen-bond acceptors (Lipinski definition) is 4. The number of carbonyl (C=O) groups excluding carboxylic acids is 1. The molecule has 5 nitrogen and oxygen atoms in total. The number of carbonyl (C=O) groups is 1. The normalized spacial score (nSPS) is 15.2. The van der Waals surface area contributed by atoms with Gasteiger partial charge in [0, 0.05) is 23.1 Å². The third kappa shape index (κ3) is 3.49. The molecule has 1 fully saturated rings. The van der Waals surface area contributed by atoms with Crippen LogP contribution >= 0.6 is 11.3 Å². The van der Waals surface area contributed by atoms with E-state index >= 15 is 0 Å². The Morgan fingerprint density at radius 1 is 1.16 bits per heavy atom. The zero-order chi connectivity index (χ0) is 17.1. The molecular weight excluding hydrogens is 332 g/mol. The summed E-state index contributed by atoms with van der Waals surface area (Å²) >= 11 is 1.41. The van der Waals surface area contributed by atoms with Crippen molar-refractivity contribution >= 4 is 22.4 Å². The molecule has 0 atom stereocenters. The largest absolute Gasteiger partial charge is 0.341 e. The highest BCUT2D eigenvalue weighted by Crippen LogP contribution is 2.35. The number of anilines is 1. The topological polar surface area (TPSA) is 70.7 Å². The van der Waals surface area contributed by atoms with Gasteiger partial charge in [0.25, 0.3) is 5.91 Å². The Kier molecular flexibility index (Phi) is 4.61. The first-order valence-electron chi connectivity index (χ1n) is 8.67. The maximum Gasteiger partial charge on any atom is 0.277 e. The molecule has 25 heavy (non-hydrogen) atoms. The smallest absolute Gasteiger partial charge is 0.277 e. The number of rotatable bonds is 4. The van der Waals surface area contributed by atoms with Crippen LogP contribution in [-0.4, -0.2) is 20.9 Å². The van der Waals surface area contributed by atoms with Crippen LogP contribution in [0.4, 0.5) is 5.13 Å². The summed E-state index contributed by atoms with van der Waals surface area (Å²) in [6, 6.07) is 9.95. The maximum atomic E-state index is 12.8. The zero-order valence-corrected chi connectivity index (χ0v) is 14.7. The molecule has 1 saturated carbocycles. The molecule has 2 heterocycles. The van der Waals surface area contributed by atoms with E-state index in [9.17, 15) is 4.79 Å². The maximum absolute atomic E-state index is 12.8. The number of aromatic amines is 1. The molecule has 1 aromatic carbocycles. The van der Waals surface area contributed by atoms with Crippen LogP contribution < -0.4 is 5.32 Å². The summed E-state index contributed by atoms with van der Waals surface area (Å²) < 4.78 is 0. The van der Waals surface area contributed by atoms with Gasteiger partial charge < -0.3 is 4.98 Å². The third-order valence-corrected chi connectivity index (χ3v) is 5.35. The first-order chi connectivity index (χ1) is 12.3. The number of hydrogen-bond donors (Lipinski definition) is 2. The highest BCUT2D eigenvalue weighted by atomic mass is 32.1. The molecule has 0 radical (unpaired) electrons. The fraction of sp³-hybridized carbons (Fsp3) is 0.316. The second-order valence-electron chi connectivity index (χ2n) is 6.34. The summed E-state index contributed by atoms with van der Waals surface area (Å²) in [5.74, 6) is 0.940. The summed E-state index contributed by atoms with van der Waals surface area (Å²) in [6.45, 7) is 0. The van der Waals surface area contributed by atoms with Gasteiger partial charge in [-0.05, 0) is 12.8 Å². The molecule has 0 saturated heterocycles. The van der Waals surface area contributed by atoms with Crippen molar-refractivity contribution in [2.75, 3.05) is 5.32 Å². The molecule has 3 aromatic rings. The number of benzene rings is 1. The molecule has 1 aliphatic carbocycles. The SMILES string of the molecule is O=C(Nc1nccs1)c1nc(-c2ccccc2)[nH]c1C1CCCCC1. The van der Waals surface area contributed by atoms with Crippen LogP contribution in [-0.2, 0) is 0 Å². The van der Waals surface area contributed by atoms with Gasteiger partial charge in [-0.15, -0.1) is 11.3 Å². The Hall–Kier alpha value is -2.47. The van der Waals surface area contributed by atoms with E-state index in [-0.39, 0.29) is 5.91 Å². The standard InChI is InChI=1S/C19H20N4OS/c24-18(23-19-20-11-12-25-19)16-15(13-7-3-1-4-8-13)21-17(22-16)14-9-5-2-6-10-14/h2,5-6,9-13H,1,3-4,7-8H2,(H,21,22)(H,20,23,24). The third-order valence-electron chi connectivity index (χ3n) is 4.66. The summed E-state index contributed by atoms with van der Waals surface area (Å²) in [5.41, 5.74) is 2.46. The molecule has 2 aromatic heterocycles. The van der Waals surface area contributed by atoms with Gasteiger partial charge in [-0.25, -0.2) is 9.97 Å². The predicted octanol–water partition coefficient (Wildman–Crippen LogP) is 4.83. The van der Waals surface area contributed by atoms with Crippen molar-refractivity contribution in [1.29, 1.82) is 0 Å². The second-order valence-corrected chi connectivity index (χ2v) is 7.23. The van der Waals surface area contributed by atoms with Crippen molar-refractivity contribution in [2.45, 2.75) is 38.0 Å². The van der Waals surface area contributed by atoms with Crippen LogP contribution in [0.1, 0.15) is 54.2 Å². The van der Waals surface area contributed by atoms with Gasteiger partial charge in [0.2, 0.25) is 0 Å². The second kappa shape index (κ2) is 7.19. The minimum absolute atomic E-state index is 0.186. The Bertz CT molecular complexity index is 836. The summed E-state index contributed by atoms with van der Waals surface area (Å²) in [7, 11) is 0. The number of imidazole rings is 1. The fourth-order valence-corrected chi connectivity index (χ4v) is 3.94. The van der Waals surface area contributed by atoms with Crippen LogP contribution in [0.3, 0.4) is 0 Å². The lowest BCUT2D eigenvalue weighted by atomic mass is 9.86.